The summed E-state index contributed by atoms with van der Waals surface area (Å²) in [5, 5.41) is 8.99. The van der Waals surface area contributed by atoms with E-state index in [4.69, 9.17) is 4.74 Å². The molecule has 1 aliphatic rings. The maximum absolute atomic E-state index is 13.6. The van der Waals surface area contributed by atoms with Gasteiger partial charge in [0.2, 0.25) is 5.75 Å². The summed E-state index contributed by atoms with van der Waals surface area (Å²) < 4.78 is 9.63. The molecule has 1 aliphatic heterocycles. The van der Waals surface area contributed by atoms with E-state index < -0.39 is 0 Å². The predicted molar refractivity (Wildman–Crippen MR) is 141 cm³/mol. The van der Waals surface area contributed by atoms with Gasteiger partial charge < -0.3 is 9.64 Å². The first kappa shape index (κ1) is 23.8. The summed E-state index contributed by atoms with van der Waals surface area (Å²) in [5.74, 6) is 0.339. The van der Waals surface area contributed by atoms with Crippen LogP contribution in [0.5, 0.6) is 5.75 Å². The van der Waals surface area contributed by atoms with Crippen molar-refractivity contribution in [2.24, 2.45) is 0 Å². The van der Waals surface area contributed by atoms with Gasteiger partial charge in [0, 0.05) is 50.5 Å². The molecule has 5 rings (SSSR count). The lowest BCUT2D eigenvalue weighted by Gasteiger charge is -2.36. The summed E-state index contributed by atoms with van der Waals surface area (Å²) in [6, 6.07) is 19.4. The number of rotatable bonds is 8. The molecular formula is C28H32N6O2. The van der Waals surface area contributed by atoms with Gasteiger partial charge in [0.05, 0.1) is 18.1 Å². The molecule has 0 amide bonds. The number of aromatic nitrogens is 4. The fraction of sp³-hybridized carbons (Fsp3) is 0.321. The molecule has 0 atom stereocenters. The molecule has 0 unspecified atom stereocenters. The van der Waals surface area contributed by atoms with Crippen molar-refractivity contribution in [1.29, 1.82) is 0 Å². The lowest BCUT2D eigenvalue weighted by atomic mass is 10.2. The lowest BCUT2D eigenvalue weighted by molar-refractivity contribution is 0.246. The predicted octanol–water partition coefficient (Wildman–Crippen LogP) is 3.66. The maximum atomic E-state index is 13.6. The smallest absolute Gasteiger partial charge is 0.316 e. The summed E-state index contributed by atoms with van der Waals surface area (Å²) in [5.41, 5.74) is 4.72. The number of para-hydroxylation sites is 1. The van der Waals surface area contributed by atoms with E-state index in [2.05, 4.69) is 33.8 Å². The molecule has 1 saturated heterocycles. The standard InChI is InChI=1S/C28H32N6O2/c1-3-33-22(2)24(18-29-33)20-31-14-16-32(17-15-31)26-19-30-34(25-12-8-5-9-13-25)28(35)27(26)36-21-23-10-6-4-7-11-23/h4-13,18-19H,3,14-17,20-21H2,1-2H3. The Kier molecular flexibility index (Phi) is 7.13. The average molecular weight is 485 g/mol. The van der Waals surface area contributed by atoms with Crippen LogP contribution in [0, 0.1) is 6.92 Å². The lowest BCUT2D eigenvalue weighted by Crippen LogP contribution is -2.46. The molecular weight excluding hydrogens is 452 g/mol. The summed E-state index contributed by atoms with van der Waals surface area (Å²) in [4.78, 5) is 18.2. The number of hydrogen-bond donors (Lipinski definition) is 0. The minimum atomic E-state index is -0.250. The molecule has 0 saturated carbocycles. The van der Waals surface area contributed by atoms with Crippen LogP contribution in [0.3, 0.4) is 0 Å². The van der Waals surface area contributed by atoms with Crippen LogP contribution in [0.2, 0.25) is 0 Å². The number of piperazine rings is 1. The van der Waals surface area contributed by atoms with E-state index >= 15 is 0 Å². The van der Waals surface area contributed by atoms with Crippen LogP contribution in [0.1, 0.15) is 23.7 Å². The minimum Gasteiger partial charge on any atom is -0.481 e. The van der Waals surface area contributed by atoms with Gasteiger partial charge in [0.25, 0.3) is 0 Å². The second-order valence-electron chi connectivity index (χ2n) is 9.02. The van der Waals surface area contributed by atoms with Gasteiger partial charge >= 0.3 is 5.56 Å². The zero-order valence-electron chi connectivity index (χ0n) is 20.9. The van der Waals surface area contributed by atoms with E-state index in [0.29, 0.717) is 18.0 Å². The van der Waals surface area contributed by atoms with Crippen LogP contribution in [0.15, 0.2) is 77.9 Å². The SMILES string of the molecule is CCn1ncc(CN2CCN(c3cnn(-c4ccccc4)c(=O)c3OCc3ccccc3)CC2)c1C. The fourth-order valence-electron chi connectivity index (χ4n) is 4.62. The molecule has 0 spiro atoms. The van der Waals surface area contributed by atoms with Gasteiger partial charge in [-0.3, -0.25) is 14.4 Å². The number of benzene rings is 2. The van der Waals surface area contributed by atoms with Gasteiger partial charge in [-0.1, -0.05) is 48.5 Å². The Labute approximate surface area is 211 Å². The summed E-state index contributed by atoms with van der Waals surface area (Å²) >= 11 is 0. The Balaban J connectivity index is 1.36. The third kappa shape index (κ3) is 5.04. The van der Waals surface area contributed by atoms with Crippen molar-refractivity contribution in [2.45, 2.75) is 33.5 Å². The molecule has 36 heavy (non-hydrogen) atoms. The van der Waals surface area contributed by atoms with E-state index in [1.807, 2.05) is 71.5 Å². The van der Waals surface area contributed by atoms with Gasteiger partial charge in [-0.2, -0.15) is 14.9 Å². The third-order valence-corrected chi connectivity index (χ3v) is 6.75. The molecule has 186 valence electrons. The Morgan fingerprint density at radius 1 is 0.889 bits per heavy atom. The van der Waals surface area contributed by atoms with Gasteiger partial charge in [0.15, 0.2) is 0 Å². The van der Waals surface area contributed by atoms with Crippen LogP contribution < -0.4 is 15.2 Å². The number of nitrogens with zero attached hydrogens (tertiary/aromatic N) is 6. The normalized spacial score (nSPS) is 14.2. The van der Waals surface area contributed by atoms with Crippen LogP contribution >= 0.6 is 0 Å². The highest BCUT2D eigenvalue weighted by Crippen LogP contribution is 2.27. The molecule has 0 aliphatic carbocycles. The van der Waals surface area contributed by atoms with Crippen molar-refractivity contribution in [3.05, 3.63) is 100 Å². The molecule has 0 N–H and O–H groups in total. The second kappa shape index (κ2) is 10.8. The van der Waals surface area contributed by atoms with Crippen molar-refractivity contribution in [3.63, 3.8) is 0 Å². The largest absolute Gasteiger partial charge is 0.481 e. The van der Waals surface area contributed by atoms with E-state index in [1.54, 1.807) is 6.20 Å². The topological polar surface area (TPSA) is 68.4 Å². The Morgan fingerprint density at radius 2 is 1.58 bits per heavy atom. The van der Waals surface area contributed by atoms with E-state index in [-0.39, 0.29) is 5.56 Å². The van der Waals surface area contributed by atoms with Crippen LogP contribution in [-0.2, 0) is 19.7 Å². The van der Waals surface area contributed by atoms with Crippen molar-refractivity contribution in [1.82, 2.24) is 24.5 Å². The van der Waals surface area contributed by atoms with Gasteiger partial charge in [0.1, 0.15) is 12.3 Å². The summed E-state index contributed by atoms with van der Waals surface area (Å²) in [6.07, 6.45) is 3.74. The van der Waals surface area contributed by atoms with Gasteiger partial charge in [-0.15, -0.1) is 0 Å². The number of ether oxygens (including phenoxy) is 1. The van der Waals surface area contributed by atoms with Crippen molar-refractivity contribution in [2.75, 3.05) is 31.1 Å². The zero-order chi connectivity index (χ0) is 24.9. The third-order valence-electron chi connectivity index (χ3n) is 6.75. The molecule has 0 bridgehead atoms. The van der Waals surface area contributed by atoms with E-state index in [9.17, 15) is 4.79 Å². The first-order valence-electron chi connectivity index (χ1n) is 12.5. The maximum Gasteiger partial charge on any atom is 0.316 e. The van der Waals surface area contributed by atoms with E-state index in [1.165, 1.54) is 15.9 Å². The van der Waals surface area contributed by atoms with Crippen molar-refractivity contribution >= 4 is 5.69 Å². The Morgan fingerprint density at radius 3 is 2.25 bits per heavy atom. The molecule has 8 heteroatoms. The number of aryl methyl sites for hydroxylation is 1. The van der Waals surface area contributed by atoms with Crippen molar-refractivity contribution in [3.8, 4) is 11.4 Å². The monoisotopic (exact) mass is 484 g/mol. The molecule has 3 heterocycles. The van der Waals surface area contributed by atoms with Crippen LogP contribution in [0.25, 0.3) is 5.69 Å². The first-order chi connectivity index (χ1) is 17.6. The van der Waals surface area contributed by atoms with Crippen LogP contribution in [-0.4, -0.2) is 50.6 Å². The Hall–Kier alpha value is -3.91. The molecule has 1 fully saturated rings. The molecule has 2 aromatic carbocycles. The summed E-state index contributed by atoms with van der Waals surface area (Å²) in [6.45, 7) is 9.68. The molecule has 0 radical (unpaired) electrons. The number of anilines is 1. The summed E-state index contributed by atoms with van der Waals surface area (Å²) in [7, 11) is 0. The Bertz CT molecular complexity index is 1340. The highest BCUT2D eigenvalue weighted by atomic mass is 16.5. The zero-order valence-corrected chi connectivity index (χ0v) is 20.9. The van der Waals surface area contributed by atoms with Gasteiger partial charge in [-0.25, -0.2) is 0 Å². The van der Waals surface area contributed by atoms with E-state index in [0.717, 1.165) is 50.5 Å². The highest BCUT2D eigenvalue weighted by molar-refractivity contribution is 5.57. The van der Waals surface area contributed by atoms with Crippen LogP contribution in [0.4, 0.5) is 5.69 Å². The minimum absolute atomic E-state index is 0.250. The number of hydrogen-bond acceptors (Lipinski definition) is 6. The van der Waals surface area contributed by atoms with Gasteiger partial charge in [-0.05, 0) is 31.5 Å². The average Bonchev–Trinajstić information content (AvgIpc) is 3.28. The molecule has 4 aromatic rings. The fourth-order valence-corrected chi connectivity index (χ4v) is 4.62. The first-order valence-corrected chi connectivity index (χ1v) is 12.5. The highest BCUT2D eigenvalue weighted by Gasteiger charge is 2.24. The quantitative estimate of drug-likeness (QED) is 0.380. The molecule has 8 nitrogen and oxygen atoms in total. The van der Waals surface area contributed by atoms with Crippen molar-refractivity contribution < 1.29 is 4.74 Å². The molecule has 2 aromatic heterocycles. The second-order valence-corrected chi connectivity index (χ2v) is 9.02.